The maximum atomic E-state index is 13.8. The Kier molecular flexibility index (Phi) is 5.27. The van der Waals surface area contributed by atoms with Gasteiger partial charge in [-0.2, -0.15) is 0 Å². The van der Waals surface area contributed by atoms with Gasteiger partial charge in [0.25, 0.3) is 5.92 Å². The highest BCUT2D eigenvalue weighted by molar-refractivity contribution is 5.66. The van der Waals surface area contributed by atoms with E-state index in [1.807, 2.05) is 13.8 Å². The number of halogens is 2. The standard InChI is InChI=1S/C14H18F2O3/c1-10(2)19-12-7-5-11(6-8-12)14(15,16)9-3-4-13(17)18/h5-8,10H,3-4,9H2,1-2H3,(H,17,18). The van der Waals surface area contributed by atoms with Gasteiger partial charge >= 0.3 is 5.97 Å². The number of carboxylic acid groups (broad SMARTS) is 1. The molecule has 1 aromatic rings. The average Bonchev–Trinajstić information content (AvgIpc) is 2.28. The predicted octanol–water partition coefficient (Wildman–Crippen LogP) is 3.82. The van der Waals surface area contributed by atoms with Gasteiger partial charge in [-0.25, -0.2) is 8.78 Å². The van der Waals surface area contributed by atoms with Crippen LogP contribution in [0.5, 0.6) is 5.75 Å². The summed E-state index contributed by atoms with van der Waals surface area (Å²) in [5, 5.41) is 8.44. The van der Waals surface area contributed by atoms with E-state index in [0.29, 0.717) is 5.75 Å². The van der Waals surface area contributed by atoms with Crippen LogP contribution in [-0.2, 0) is 10.7 Å². The molecule has 0 saturated heterocycles. The number of benzene rings is 1. The molecular formula is C14H18F2O3. The largest absolute Gasteiger partial charge is 0.491 e. The van der Waals surface area contributed by atoms with E-state index in [0.717, 1.165) is 0 Å². The number of hydrogen-bond donors (Lipinski definition) is 1. The zero-order valence-corrected chi connectivity index (χ0v) is 11.0. The highest BCUT2D eigenvalue weighted by Crippen LogP contribution is 2.34. The maximum Gasteiger partial charge on any atom is 0.303 e. The van der Waals surface area contributed by atoms with Crippen molar-refractivity contribution in [1.82, 2.24) is 0 Å². The lowest BCUT2D eigenvalue weighted by atomic mass is 10.0. The van der Waals surface area contributed by atoms with Crippen LogP contribution in [0.3, 0.4) is 0 Å². The van der Waals surface area contributed by atoms with Crippen molar-refractivity contribution in [3.63, 3.8) is 0 Å². The topological polar surface area (TPSA) is 46.5 Å². The predicted molar refractivity (Wildman–Crippen MR) is 67.6 cm³/mol. The van der Waals surface area contributed by atoms with Gasteiger partial charge in [-0.1, -0.05) is 0 Å². The van der Waals surface area contributed by atoms with Gasteiger partial charge in [-0.15, -0.1) is 0 Å². The fourth-order valence-electron chi connectivity index (χ4n) is 1.66. The Balaban J connectivity index is 2.64. The number of aliphatic carboxylic acids is 1. The molecule has 0 atom stereocenters. The van der Waals surface area contributed by atoms with E-state index >= 15 is 0 Å². The summed E-state index contributed by atoms with van der Waals surface area (Å²) in [6.45, 7) is 3.71. The SMILES string of the molecule is CC(C)Oc1ccc(C(F)(F)CCCC(=O)O)cc1. The second kappa shape index (κ2) is 6.50. The van der Waals surface area contributed by atoms with E-state index in [4.69, 9.17) is 9.84 Å². The van der Waals surface area contributed by atoms with Crippen molar-refractivity contribution < 1.29 is 23.4 Å². The molecule has 106 valence electrons. The fourth-order valence-corrected chi connectivity index (χ4v) is 1.66. The van der Waals surface area contributed by atoms with Crippen molar-refractivity contribution >= 4 is 5.97 Å². The summed E-state index contributed by atoms with van der Waals surface area (Å²) in [6.07, 6.45) is -0.776. The fraction of sp³-hybridized carbons (Fsp3) is 0.500. The quantitative estimate of drug-likeness (QED) is 0.820. The van der Waals surface area contributed by atoms with Crippen LogP contribution in [0.1, 0.15) is 38.7 Å². The van der Waals surface area contributed by atoms with Crippen LogP contribution in [-0.4, -0.2) is 17.2 Å². The van der Waals surface area contributed by atoms with Gasteiger partial charge in [-0.05, 0) is 44.5 Å². The summed E-state index contributed by atoms with van der Waals surface area (Å²) >= 11 is 0. The van der Waals surface area contributed by atoms with Crippen LogP contribution in [0.15, 0.2) is 24.3 Å². The van der Waals surface area contributed by atoms with Gasteiger partial charge in [0.1, 0.15) is 5.75 Å². The highest BCUT2D eigenvalue weighted by atomic mass is 19.3. The summed E-state index contributed by atoms with van der Waals surface area (Å²) in [6, 6.07) is 5.64. The summed E-state index contributed by atoms with van der Waals surface area (Å²) in [7, 11) is 0. The van der Waals surface area contributed by atoms with Crippen LogP contribution < -0.4 is 4.74 Å². The zero-order chi connectivity index (χ0) is 14.5. The first-order chi connectivity index (χ1) is 8.81. The van der Waals surface area contributed by atoms with Gasteiger partial charge in [0.05, 0.1) is 6.10 Å². The Morgan fingerprint density at radius 2 is 1.89 bits per heavy atom. The van der Waals surface area contributed by atoms with Gasteiger partial charge in [0, 0.05) is 18.4 Å². The Morgan fingerprint density at radius 3 is 2.37 bits per heavy atom. The molecule has 1 N–H and O–H groups in total. The molecule has 0 aliphatic rings. The van der Waals surface area contributed by atoms with E-state index in [1.54, 1.807) is 0 Å². The third kappa shape index (κ3) is 5.24. The molecule has 0 saturated carbocycles. The third-order valence-corrected chi connectivity index (χ3v) is 2.53. The molecule has 0 radical (unpaired) electrons. The molecule has 0 aliphatic heterocycles. The van der Waals surface area contributed by atoms with Crippen LogP contribution in [0.2, 0.25) is 0 Å². The van der Waals surface area contributed by atoms with E-state index in [-0.39, 0.29) is 24.5 Å². The molecule has 5 heteroatoms. The second-order valence-electron chi connectivity index (χ2n) is 4.64. The lowest BCUT2D eigenvalue weighted by molar-refractivity contribution is -0.137. The molecule has 0 bridgehead atoms. The van der Waals surface area contributed by atoms with Crippen molar-refractivity contribution in [2.24, 2.45) is 0 Å². The van der Waals surface area contributed by atoms with Crippen LogP contribution >= 0.6 is 0 Å². The number of alkyl halides is 2. The molecule has 0 amide bonds. The zero-order valence-electron chi connectivity index (χ0n) is 11.0. The molecule has 0 spiro atoms. The van der Waals surface area contributed by atoms with Crippen molar-refractivity contribution in [1.29, 1.82) is 0 Å². The van der Waals surface area contributed by atoms with E-state index in [2.05, 4.69) is 0 Å². The highest BCUT2D eigenvalue weighted by Gasteiger charge is 2.30. The maximum absolute atomic E-state index is 13.8. The summed E-state index contributed by atoms with van der Waals surface area (Å²) in [5.41, 5.74) is -0.117. The number of ether oxygens (including phenoxy) is 1. The Morgan fingerprint density at radius 1 is 1.32 bits per heavy atom. The van der Waals surface area contributed by atoms with Crippen molar-refractivity contribution in [2.45, 2.75) is 45.1 Å². The van der Waals surface area contributed by atoms with Crippen LogP contribution in [0, 0.1) is 0 Å². The average molecular weight is 272 g/mol. The third-order valence-electron chi connectivity index (χ3n) is 2.53. The van der Waals surface area contributed by atoms with Crippen molar-refractivity contribution in [2.75, 3.05) is 0 Å². The molecule has 0 unspecified atom stereocenters. The number of carbonyl (C=O) groups is 1. The van der Waals surface area contributed by atoms with Crippen LogP contribution in [0.4, 0.5) is 8.78 Å². The number of rotatable bonds is 7. The van der Waals surface area contributed by atoms with E-state index in [9.17, 15) is 13.6 Å². The lowest BCUT2D eigenvalue weighted by Gasteiger charge is -2.17. The first kappa shape index (κ1) is 15.4. The minimum atomic E-state index is -3.01. The first-order valence-corrected chi connectivity index (χ1v) is 6.18. The Bertz CT molecular complexity index is 413. The smallest absolute Gasteiger partial charge is 0.303 e. The summed E-state index contributed by atoms with van der Waals surface area (Å²) in [4.78, 5) is 10.3. The Labute approximate surface area is 111 Å². The second-order valence-corrected chi connectivity index (χ2v) is 4.64. The number of carboxylic acids is 1. The lowest BCUT2D eigenvalue weighted by Crippen LogP contribution is -2.14. The Hall–Kier alpha value is -1.65. The minimum Gasteiger partial charge on any atom is -0.491 e. The minimum absolute atomic E-state index is 0.0121. The molecular weight excluding hydrogens is 254 g/mol. The normalized spacial score (nSPS) is 11.6. The molecule has 19 heavy (non-hydrogen) atoms. The first-order valence-electron chi connectivity index (χ1n) is 6.18. The number of hydrogen-bond acceptors (Lipinski definition) is 2. The van der Waals surface area contributed by atoms with Gasteiger partial charge in [0.15, 0.2) is 0 Å². The van der Waals surface area contributed by atoms with Gasteiger partial charge < -0.3 is 9.84 Å². The molecule has 0 aromatic heterocycles. The molecule has 0 heterocycles. The van der Waals surface area contributed by atoms with Gasteiger partial charge in [0.2, 0.25) is 0 Å². The van der Waals surface area contributed by atoms with E-state index in [1.165, 1.54) is 24.3 Å². The summed E-state index contributed by atoms with van der Waals surface area (Å²) in [5.74, 6) is -3.53. The van der Waals surface area contributed by atoms with Crippen molar-refractivity contribution in [3.05, 3.63) is 29.8 Å². The monoisotopic (exact) mass is 272 g/mol. The van der Waals surface area contributed by atoms with Gasteiger partial charge in [-0.3, -0.25) is 4.79 Å². The van der Waals surface area contributed by atoms with Crippen molar-refractivity contribution in [3.8, 4) is 5.75 Å². The van der Waals surface area contributed by atoms with Crippen LogP contribution in [0.25, 0.3) is 0 Å². The van der Waals surface area contributed by atoms with E-state index < -0.39 is 18.3 Å². The molecule has 0 aliphatic carbocycles. The molecule has 0 fully saturated rings. The summed E-state index contributed by atoms with van der Waals surface area (Å²) < 4.78 is 32.9. The molecule has 1 rings (SSSR count). The molecule has 1 aromatic carbocycles. The molecule has 3 nitrogen and oxygen atoms in total.